The van der Waals surface area contributed by atoms with Crippen molar-refractivity contribution < 1.29 is 4.39 Å². The molecule has 0 bridgehead atoms. The molecule has 1 aromatic heterocycles. The second kappa shape index (κ2) is 6.10. The molecule has 1 N–H and O–H groups in total. The molecule has 0 aliphatic carbocycles. The molecule has 0 unspecified atom stereocenters. The lowest BCUT2D eigenvalue weighted by Gasteiger charge is -2.06. The molecule has 0 fully saturated rings. The van der Waals surface area contributed by atoms with Gasteiger partial charge in [-0.1, -0.05) is 34.1 Å². The number of hydrogen-bond acceptors (Lipinski definition) is 2. The number of anilines is 1. The molecular weight excluding hydrogens is 333 g/mol. The Kier molecular flexibility index (Phi) is 4.01. The highest BCUT2D eigenvalue weighted by atomic mass is 79.9. The van der Waals surface area contributed by atoms with E-state index < -0.39 is 0 Å². The van der Waals surface area contributed by atoms with E-state index in [0.717, 1.165) is 15.7 Å². The van der Waals surface area contributed by atoms with Gasteiger partial charge in [0.05, 0.1) is 17.6 Å². The molecule has 3 rings (SSSR count). The van der Waals surface area contributed by atoms with Crippen molar-refractivity contribution in [3.8, 4) is 5.69 Å². The average molecular weight is 346 g/mol. The van der Waals surface area contributed by atoms with Crippen LogP contribution in [-0.2, 0) is 6.54 Å². The zero-order valence-electron chi connectivity index (χ0n) is 11.1. The lowest BCUT2D eigenvalue weighted by atomic mass is 10.3. The predicted octanol–water partition coefficient (Wildman–Crippen LogP) is 4.39. The highest BCUT2D eigenvalue weighted by Crippen LogP contribution is 2.20. The molecule has 1 heterocycles. The Morgan fingerprint density at radius 1 is 1.14 bits per heavy atom. The summed E-state index contributed by atoms with van der Waals surface area (Å²) >= 11 is 3.33. The maximum Gasteiger partial charge on any atom is 0.146 e. The predicted molar refractivity (Wildman–Crippen MR) is 85.0 cm³/mol. The second-order valence-electron chi connectivity index (χ2n) is 4.61. The summed E-state index contributed by atoms with van der Waals surface area (Å²) in [6, 6.07) is 14.7. The van der Waals surface area contributed by atoms with Crippen LogP contribution in [-0.4, -0.2) is 9.78 Å². The molecule has 2 aromatic carbocycles. The molecule has 0 amide bonds. The van der Waals surface area contributed by atoms with Crippen molar-refractivity contribution in [3.05, 3.63) is 76.8 Å². The van der Waals surface area contributed by atoms with E-state index >= 15 is 0 Å². The number of para-hydroxylation sites is 1. The Hall–Kier alpha value is -2.14. The van der Waals surface area contributed by atoms with E-state index in [2.05, 4.69) is 26.3 Å². The third kappa shape index (κ3) is 3.31. The summed E-state index contributed by atoms with van der Waals surface area (Å²) in [4.78, 5) is 0. The van der Waals surface area contributed by atoms with Crippen LogP contribution in [0.25, 0.3) is 5.69 Å². The summed E-state index contributed by atoms with van der Waals surface area (Å²) in [5.41, 5.74) is 2.45. The van der Waals surface area contributed by atoms with Crippen LogP contribution in [0.3, 0.4) is 0 Å². The van der Waals surface area contributed by atoms with E-state index in [0.29, 0.717) is 12.2 Å². The van der Waals surface area contributed by atoms with E-state index in [4.69, 9.17) is 0 Å². The van der Waals surface area contributed by atoms with Crippen LogP contribution in [0.5, 0.6) is 0 Å². The van der Waals surface area contributed by atoms with Crippen LogP contribution in [0.1, 0.15) is 5.56 Å². The molecule has 0 aliphatic rings. The van der Waals surface area contributed by atoms with Crippen LogP contribution >= 0.6 is 15.9 Å². The van der Waals surface area contributed by atoms with Gasteiger partial charge in [-0.3, -0.25) is 0 Å². The Morgan fingerprint density at radius 2 is 1.95 bits per heavy atom. The Balaban J connectivity index is 1.72. The number of benzene rings is 2. The minimum atomic E-state index is -0.270. The number of aromatic nitrogens is 2. The second-order valence-corrected chi connectivity index (χ2v) is 5.52. The largest absolute Gasteiger partial charge is 0.378 e. The van der Waals surface area contributed by atoms with Gasteiger partial charge in [0, 0.05) is 22.8 Å². The van der Waals surface area contributed by atoms with Crippen molar-refractivity contribution in [2.45, 2.75) is 6.54 Å². The van der Waals surface area contributed by atoms with E-state index in [1.54, 1.807) is 23.0 Å². The summed E-state index contributed by atoms with van der Waals surface area (Å²) in [6.07, 6.45) is 3.70. The van der Waals surface area contributed by atoms with Gasteiger partial charge >= 0.3 is 0 Å². The fraction of sp³-hybridized carbons (Fsp3) is 0.0625. The Bertz CT molecular complexity index is 740. The van der Waals surface area contributed by atoms with Gasteiger partial charge in [0.2, 0.25) is 0 Å². The maximum atomic E-state index is 13.6. The molecule has 0 atom stereocenters. The smallest absolute Gasteiger partial charge is 0.146 e. The van der Waals surface area contributed by atoms with E-state index in [-0.39, 0.29) is 5.82 Å². The standard InChI is InChI=1S/C16H13BrFN3/c17-13-6-7-15(18)16(8-13)19-9-12-10-20-21(11-12)14-4-2-1-3-5-14/h1-8,10-11,19H,9H2. The van der Waals surface area contributed by atoms with Crippen LogP contribution in [0, 0.1) is 5.82 Å². The van der Waals surface area contributed by atoms with Gasteiger partial charge in [0.25, 0.3) is 0 Å². The highest BCUT2D eigenvalue weighted by Gasteiger charge is 2.04. The third-order valence-electron chi connectivity index (χ3n) is 3.07. The number of rotatable bonds is 4. The number of halogens is 2. The van der Waals surface area contributed by atoms with Crippen molar-refractivity contribution in [1.29, 1.82) is 0 Å². The Morgan fingerprint density at radius 3 is 2.76 bits per heavy atom. The van der Waals surface area contributed by atoms with Crippen LogP contribution < -0.4 is 5.32 Å². The summed E-state index contributed by atoms with van der Waals surface area (Å²) in [7, 11) is 0. The van der Waals surface area contributed by atoms with Crippen molar-refractivity contribution >= 4 is 21.6 Å². The highest BCUT2D eigenvalue weighted by molar-refractivity contribution is 9.10. The van der Waals surface area contributed by atoms with Gasteiger partial charge < -0.3 is 5.32 Å². The number of nitrogens with one attached hydrogen (secondary N) is 1. The monoisotopic (exact) mass is 345 g/mol. The van der Waals surface area contributed by atoms with Crippen molar-refractivity contribution in [1.82, 2.24) is 9.78 Å². The molecule has 0 saturated carbocycles. The number of hydrogen-bond donors (Lipinski definition) is 1. The Labute approximate surface area is 130 Å². The van der Waals surface area contributed by atoms with Crippen LogP contribution in [0.4, 0.5) is 10.1 Å². The fourth-order valence-electron chi connectivity index (χ4n) is 2.00. The van der Waals surface area contributed by atoms with Gasteiger partial charge in [-0.05, 0) is 30.3 Å². The summed E-state index contributed by atoms with van der Waals surface area (Å²) in [6.45, 7) is 0.514. The molecule has 5 heteroatoms. The molecule has 0 radical (unpaired) electrons. The van der Waals surface area contributed by atoms with Gasteiger partial charge in [0.1, 0.15) is 5.82 Å². The molecular formula is C16H13BrFN3. The molecule has 3 aromatic rings. The minimum absolute atomic E-state index is 0.270. The van der Waals surface area contributed by atoms with Crippen molar-refractivity contribution in [2.75, 3.05) is 5.32 Å². The van der Waals surface area contributed by atoms with E-state index in [9.17, 15) is 4.39 Å². The fourth-order valence-corrected chi connectivity index (χ4v) is 2.36. The topological polar surface area (TPSA) is 29.9 Å². The summed E-state index contributed by atoms with van der Waals surface area (Å²) in [5, 5.41) is 7.39. The van der Waals surface area contributed by atoms with Crippen molar-refractivity contribution in [3.63, 3.8) is 0 Å². The lowest BCUT2D eigenvalue weighted by molar-refractivity contribution is 0.630. The van der Waals surface area contributed by atoms with Gasteiger partial charge in [-0.15, -0.1) is 0 Å². The van der Waals surface area contributed by atoms with Gasteiger partial charge in [0.15, 0.2) is 0 Å². The molecule has 0 saturated heterocycles. The number of nitrogens with zero attached hydrogens (tertiary/aromatic N) is 2. The normalized spacial score (nSPS) is 10.6. The first-order valence-electron chi connectivity index (χ1n) is 6.50. The molecule has 0 spiro atoms. The zero-order chi connectivity index (χ0) is 14.7. The summed E-state index contributed by atoms with van der Waals surface area (Å²) < 4.78 is 16.3. The zero-order valence-corrected chi connectivity index (χ0v) is 12.7. The summed E-state index contributed by atoms with van der Waals surface area (Å²) in [5.74, 6) is -0.270. The van der Waals surface area contributed by atoms with Gasteiger partial charge in [-0.25, -0.2) is 9.07 Å². The van der Waals surface area contributed by atoms with E-state index in [1.165, 1.54) is 6.07 Å². The maximum absolute atomic E-state index is 13.6. The SMILES string of the molecule is Fc1ccc(Br)cc1NCc1cnn(-c2ccccc2)c1. The van der Waals surface area contributed by atoms with Crippen LogP contribution in [0.2, 0.25) is 0 Å². The first-order chi connectivity index (χ1) is 10.2. The molecule has 0 aliphatic heterocycles. The molecule has 21 heavy (non-hydrogen) atoms. The van der Waals surface area contributed by atoms with Crippen molar-refractivity contribution in [2.24, 2.45) is 0 Å². The minimum Gasteiger partial charge on any atom is -0.378 e. The first-order valence-corrected chi connectivity index (χ1v) is 7.29. The van der Waals surface area contributed by atoms with E-state index in [1.807, 2.05) is 36.5 Å². The average Bonchev–Trinajstić information content (AvgIpc) is 2.98. The lowest BCUT2D eigenvalue weighted by Crippen LogP contribution is -2.00. The quantitative estimate of drug-likeness (QED) is 0.760. The van der Waals surface area contributed by atoms with Crippen LogP contribution in [0.15, 0.2) is 65.4 Å². The molecule has 3 nitrogen and oxygen atoms in total. The first kappa shape index (κ1) is 13.8. The third-order valence-corrected chi connectivity index (χ3v) is 3.56. The van der Waals surface area contributed by atoms with Gasteiger partial charge in [-0.2, -0.15) is 5.10 Å². The molecule has 106 valence electrons.